The van der Waals surface area contributed by atoms with E-state index in [-0.39, 0.29) is 0 Å². The largest absolute Gasteiger partial charge is 0.453 e. The van der Waals surface area contributed by atoms with Gasteiger partial charge >= 0.3 is 6.09 Å². The predicted octanol–water partition coefficient (Wildman–Crippen LogP) is 1.41. The summed E-state index contributed by atoms with van der Waals surface area (Å²) in [5.41, 5.74) is 0.916. The van der Waals surface area contributed by atoms with Gasteiger partial charge in [0.1, 0.15) is 0 Å². The molecule has 0 aliphatic carbocycles. The molecular weight excluding hydrogens is 168 g/mol. The number of hydrogen-bond donors (Lipinski definition) is 1. The lowest BCUT2D eigenvalue weighted by Crippen LogP contribution is -2.15. The van der Waals surface area contributed by atoms with E-state index in [0.29, 0.717) is 0 Å². The first-order valence-electron chi connectivity index (χ1n) is 3.74. The van der Waals surface area contributed by atoms with Crippen molar-refractivity contribution in [3.63, 3.8) is 0 Å². The van der Waals surface area contributed by atoms with E-state index in [1.54, 1.807) is 18.5 Å². The van der Waals surface area contributed by atoms with Gasteiger partial charge < -0.3 is 4.74 Å². The van der Waals surface area contributed by atoms with Crippen LogP contribution in [0, 0.1) is 0 Å². The number of nitrogens with zero attached hydrogens (tertiary/aromatic N) is 1. The topological polar surface area (TPSA) is 51.2 Å². The summed E-state index contributed by atoms with van der Waals surface area (Å²) in [6, 6.07) is 3.69. The predicted molar refractivity (Wildman–Crippen MR) is 48.8 cm³/mol. The van der Waals surface area contributed by atoms with Crippen LogP contribution in [0.25, 0.3) is 6.08 Å². The van der Waals surface area contributed by atoms with Crippen molar-refractivity contribution in [2.24, 2.45) is 0 Å². The van der Waals surface area contributed by atoms with Crippen molar-refractivity contribution in [3.05, 3.63) is 36.3 Å². The van der Waals surface area contributed by atoms with Gasteiger partial charge in [-0.05, 0) is 17.7 Å². The van der Waals surface area contributed by atoms with Crippen molar-refractivity contribution in [1.29, 1.82) is 0 Å². The quantitative estimate of drug-likeness (QED) is 0.744. The Bertz CT molecular complexity index is 296. The highest BCUT2D eigenvalue weighted by atomic mass is 16.5. The Labute approximate surface area is 76.2 Å². The molecule has 0 saturated heterocycles. The van der Waals surface area contributed by atoms with Crippen LogP contribution in [0.1, 0.15) is 5.56 Å². The molecule has 68 valence electrons. The number of carbonyl (C=O) groups is 1. The first kappa shape index (κ1) is 9.25. The van der Waals surface area contributed by atoms with Gasteiger partial charge in [0.05, 0.1) is 7.11 Å². The van der Waals surface area contributed by atoms with E-state index in [4.69, 9.17) is 0 Å². The molecule has 0 spiro atoms. The second-order valence-corrected chi connectivity index (χ2v) is 2.26. The molecule has 0 saturated carbocycles. The summed E-state index contributed by atoms with van der Waals surface area (Å²) in [7, 11) is 1.31. The summed E-state index contributed by atoms with van der Waals surface area (Å²) >= 11 is 0. The Morgan fingerprint density at radius 2 is 2.54 bits per heavy atom. The summed E-state index contributed by atoms with van der Waals surface area (Å²) in [6.07, 6.45) is 6.12. The van der Waals surface area contributed by atoms with Gasteiger partial charge in [-0.3, -0.25) is 10.3 Å². The molecule has 1 rings (SSSR count). The van der Waals surface area contributed by atoms with E-state index in [0.717, 1.165) is 5.56 Å². The number of methoxy groups -OCH3 is 1. The van der Waals surface area contributed by atoms with Crippen LogP contribution in [0.4, 0.5) is 4.79 Å². The van der Waals surface area contributed by atoms with Crippen LogP contribution in [0.15, 0.2) is 30.7 Å². The number of pyridine rings is 1. The van der Waals surface area contributed by atoms with Crippen molar-refractivity contribution in [1.82, 2.24) is 10.3 Å². The first-order chi connectivity index (χ1) is 6.33. The molecule has 13 heavy (non-hydrogen) atoms. The monoisotopic (exact) mass is 178 g/mol. The van der Waals surface area contributed by atoms with E-state index < -0.39 is 6.09 Å². The Kier molecular flexibility index (Phi) is 3.50. The zero-order valence-corrected chi connectivity index (χ0v) is 7.23. The van der Waals surface area contributed by atoms with Crippen LogP contribution < -0.4 is 5.32 Å². The molecule has 0 atom stereocenters. The summed E-state index contributed by atoms with van der Waals surface area (Å²) in [5.74, 6) is 0. The number of hydrogen-bond acceptors (Lipinski definition) is 3. The molecule has 1 amide bonds. The molecule has 0 unspecified atom stereocenters. The fourth-order valence-corrected chi connectivity index (χ4v) is 0.739. The van der Waals surface area contributed by atoms with Gasteiger partial charge in [-0.1, -0.05) is 6.07 Å². The minimum absolute atomic E-state index is 0.486. The van der Waals surface area contributed by atoms with E-state index in [9.17, 15) is 4.79 Å². The number of alkyl carbamates (subject to hydrolysis) is 1. The molecular formula is C9H10N2O2. The van der Waals surface area contributed by atoms with Gasteiger partial charge in [0.25, 0.3) is 0 Å². The maximum absolute atomic E-state index is 10.6. The highest BCUT2D eigenvalue weighted by molar-refractivity contribution is 5.69. The lowest BCUT2D eigenvalue weighted by Gasteiger charge is -1.95. The molecule has 0 aliphatic heterocycles. The van der Waals surface area contributed by atoms with E-state index in [2.05, 4.69) is 15.0 Å². The zero-order valence-electron chi connectivity index (χ0n) is 7.23. The Morgan fingerprint density at radius 3 is 3.15 bits per heavy atom. The Morgan fingerprint density at radius 1 is 1.69 bits per heavy atom. The maximum Gasteiger partial charge on any atom is 0.410 e. The van der Waals surface area contributed by atoms with Crippen molar-refractivity contribution in [2.75, 3.05) is 7.11 Å². The van der Waals surface area contributed by atoms with Gasteiger partial charge in [-0.15, -0.1) is 0 Å². The number of aromatic nitrogens is 1. The minimum Gasteiger partial charge on any atom is -0.453 e. The average molecular weight is 178 g/mol. The zero-order chi connectivity index (χ0) is 9.52. The Hall–Kier alpha value is -1.84. The molecule has 1 N–H and O–H groups in total. The molecule has 0 aliphatic rings. The molecule has 1 heterocycles. The molecule has 1 aromatic heterocycles. The fourth-order valence-electron chi connectivity index (χ4n) is 0.739. The van der Waals surface area contributed by atoms with Crippen LogP contribution in [0.3, 0.4) is 0 Å². The number of amides is 1. The SMILES string of the molecule is COC(=O)NC=Cc1cccnc1. The number of carbonyl (C=O) groups excluding carboxylic acids is 1. The van der Waals surface area contributed by atoms with Crippen LogP contribution in [-0.4, -0.2) is 18.2 Å². The summed E-state index contributed by atoms with van der Waals surface area (Å²) in [4.78, 5) is 14.5. The normalized spacial score (nSPS) is 9.92. The molecule has 0 fully saturated rings. The third-order valence-corrected chi connectivity index (χ3v) is 1.35. The van der Waals surface area contributed by atoms with Gasteiger partial charge in [-0.25, -0.2) is 4.79 Å². The summed E-state index contributed by atoms with van der Waals surface area (Å²) < 4.78 is 4.37. The van der Waals surface area contributed by atoms with Crippen LogP contribution in [0.5, 0.6) is 0 Å². The van der Waals surface area contributed by atoms with Crippen molar-refractivity contribution < 1.29 is 9.53 Å². The molecule has 0 aromatic carbocycles. The lowest BCUT2D eigenvalue weighted by molar-refractivity contribution is 0.175. The van der Waals surface area contributed by atoms with E-state index in [1.807, 2.05) is 12.1 Å². The van der Waals surface area contributed by atoms with Crippen molar-refractivity contribution >= 4 is 12.2 Å². The summed E-state index contributed by atoms with van der Waals surface area (Å²) in [6.45, 7) is 0. The fraction of sp³-hybridized carbons (Fsp3) is 0.111. The minimum atomic E-state index is -0.486. The second-order valence-electron chi connectivity index (χ2n) is 2.26. The van der Waals surface area contributed by atoms with E-state index >= 15 is 0 Å². The van der Waals surface area contributed by atoms with Crippen LogP contribution >= 0.6 is 0 Å². The molecule has 4 heteroatoms. The average Bonchev–Trinajstić information content (AvgIpc) is 2.19. The van der Waals surface area contributed by atoms with Crippen LogP contribution in [0.2, 0.25) is 0 Å². The first-order valence-corrected chi connectivity index (χ1v) is 3.74. The van der Waals surface area contributed by atoms with Crippen molar-refractivity contribution in [3.8, 4) is 0 Å². The van der Waals surface area contributed by atoms with Gasteiger partial charge in [0.2, 0.25) is 0 Å². The molecule has 4 nitrogen and oxygen atoms in total. The third-order valence-electron chi connectivity index (χ3n) is 1.35. The number of nitrogens with one attached hydrogen (secondary N) is 1. The van der Waals surface area contributed by atoms with E-state index in [1.165, 1.54) is 13.3 Å². The van der Waals surface area contributed by atoms with Gasteiger partial charge in [-0.2, -0.15) is 0 Å². The molecule has 0 radical (unpaired) electrons. The Balaban J connectivity index is 2.45. The smallest absolute Gasteiger partial charge is 0.410 e. The standard InChI is InChI=1S/C9H10N2O2/c1-13-9(12)11-6-4-8-3-2-5-10-7-8/h2-7H,1H3,(H,11,12). The third kappa shape index (κ3) is 3.37. The van der Waals surface area contributed by atoms with Gasteiger partial charge in [0, 0.05) is 18.6 Å². The number of ether oxygens (including phenoxy) is 1. The molecule has 1 aromatic rings. The highest BCUT2D eigenvalue weighted by Crippen LogP contribution is 1.96. The lowest BCUT2D eigenvalue weighted by atomic mass is 10.3. The number of rotatable bonds is 2. The van der Waals surface area contributed by atoms with Gasteiger partial charge in [0.15, 0.2) is 0 Å². The summed E-state index contributed by atoms with van der Waals surface area (Å²) in [5, 5.41) is 2.41. The van der Waals surface area contributed by atoms with Crippen LogP contribution in [-0.2, 0) is 4.74 Å². The second kappa shape index (κ2) is 4.92. The molecule has 0 bridgehead atoms. The highest BCUT2D eigenvalue weighted by Gasteiger charge is 1.90. The maximum atomic E-state index is 10.6. The van der Waals surface area contributed by atoms with Crippen molar-refractivity contribution in [2.45, 2.75) is 0 Å².